The van der Waals surface area contributed by atoms with Crippen molar-refractivity contribution in [3.05, 3.63) is 98.4 Å². The molecular formula is C27H23BrN2O4S. The van der Waals surface area contributed by atoms with E-state index in [9.17, 15) is 9.59 Å². The topological polar surface area (TPSA) is 68.2 Å². The number of aliphatic imine (C=N–C) groups is 1. The van der Waals surface area contributed by atoms with Crippen molar-refractivity contribution in [3.8, 4) is 5.75 Å². The van der Waals surface area contributed by atoms with Gasteiger partial charge in [0.05, 0.1) is 23.3 Å². The number of nitrogens with zero attached hydrogens (tertiary/aromatic N) is 2. The van der Waals surface area contributed by atoms with Gasteiger partial charge in [0.15, 0.2) is 5.17 Å². The number of benzene rings is 3. The third kappa shape index (κ3) is 6.01. The maximum atomic E-state index is 12.9. The van der Waals surface area contributed by atoms with E-state index in [0.29, 0.717) is 33.7 Å². The number of hydrogen-bond donors (Lipinski definition) is 0. The summed E-state index contributed by atoms with van der Waals surface area (Å²) in [6.07, 6.45) is 1.82. The molecule has 4 rings (SSSR count). The first-order valence-corrected chi connectivity index (χ1v) is 12.4. The van der Waals surface area contributed by atoms with Crippen LogP contribution in [0.25, 0.3) is 6.08 Å². The molecule has 1 heterocycles. The number of methoxy groups -OCH3 is 1. The van der Waals surface area contributed by atoms with Crippen LogP contribution < -0.4 is 4.74 Å². The highest BCUT2D eigenvalue weighted by Crippen LogP contribution is 2.35. The molecule has 1 amide bonds. The number of ether oxygens (including phenoxy) is 2. The molecule has 0 unspecified atom stereocenters. The van der Waals surface area contributed by atoms with E-state index in [2.05, 4.69) is 33.1 Å². The summed E-state index contributed by atoms with van der Waals surface area (Å²) < 4.78 is 11.7. The van der Waals surface area contributed by atoms with Crippen molar-refractivity contribution in [2.45, 2.75) is 13.5 Å². The number of amides is 1. The van der Waals surface area contributed by atoms with Gasteiger partial charge in [0, 0.05) is 17.1 Å². The number of esters is 1. The normalized spacial score (nSPS) is 15.7. The summed E-state index contributed by atoms with van der Waals surface area (Å²) in [5, 5.41) is 0.546. The van der Waals surface area contributed by atoms with Gasteiger partial charge in [0.2, 0.25) is 0 Å². The average molecular weight is 551 g/mol. The van der Waals surface area contributed by atoms with Crippen LogP contribution >= 0.6 is 27.7 Å². The molecule has 0 radical (unpaired) electrons. The molecule has 178 valence electrons. The second-order valence-electron chi connectivity index (χ2n) is 7.86. The van der Waals surface area contributed by atoms with Crippen LogP contribution in [-0.2, 0) is 16.1 Å². The minimum absolute atomic E-state index is 0.149. The summed E-state index contributed by atoms with van der Waals surface area (Å²) in [7, 11) is 3.03. The van der Waals surface area contributed by atoms with Crippen molar-refractivity contribution in [2.24, 2.45) is 4.99 Å². The Kier molecular flexibility index (Phi) is 7.73. The Balaban J connectivity index is 1.56. The zero-order valence-corrected chi connectivity index (χ0v) is 21.9. The molecule has 0 aromatic heterocycles. The van der Waals surface area contributed by atoms with Gasteiger partial charge < -0.3 is 9.47 Å². The van der Waals surface area contributed by atoms with Crippen molar-refractivity contribution in [1.29, 1.82) is 0 Å². The van der Waals surface area contributed by atoms with Crippen LogP contribution in [0, 0.1) is 6.92 Å². The number of hydrogen-bond acceptors (Lipinski definition) is 6. The molecule has 0 aliphatic carbocycles. The summed E-state index contributed by atoms with van der Waals surface area (Å²) in [4.78, 5) is 31.2. The van der Waals surface area contributed by atoms with E-state index in [1.165, 1.54) is 29.3 Å². The molecule has 1 fully saturated rings. The molecule has 8 heteroatoms. The largest absolute Gasteiger partial charge is 0.488 e. The van der Waals surface area contributed by atoms with Gasteiger partial charge in [-0.1, -0.05) is 45.8 Å². The number of halogens is 1. The van der Waals surface area contributed by atoms with Gasteiger partial charge in [-0.15, -0.1) is 0 Å². The van der Waals surface area contributed by atoms with E-state index in [-0.39, 0.29) is 5.91 Å². The zero-order valence-electron chi connectivity index (χ0n) is 19.4. The van der Waals surface area contributed by atoms with Gasteiger partial charge in [-0.2, -0.15) is 0 Å². The molecule has 0 N–H and O–H groups in total. The molecule has 1 aliphatic heterocycles. The fraction of sp³-hybridized carbons (Fsp3) is 0.148. The lowest BCUT2D eigenvalue weighted by Crippen LogP contribution is -2.23. The number of amidine groups is 1. The van der Waals surface area contributed by atoms with E-state index < -0.39 is 5.97 Å². The number of aryl methyl sites for hydroxylation is 1. The molecule has 0 atom stereocenters. The van der Waals surface area contributed by atoms with Crippen LogP contribution in [0.3, 0.4) is 0 Å². The van der Waals surface area contributed by atoms with Crippen LogP contribution in [-0.4, -0.2) is 36.1 Å². The summed E-state index contributed by atoms with van der Waals surface area (Å²) in [6.45, 7) is 2.47. The van der Waals surface area contributed by atoms with E-state index in [4.69, 9.17) is 9.47 Å². The molecule has 1 aliphatic rings. The predicted molar refractivity (Wildman–Crippen MR) is 143 cm³/mol. The van der Waals surface area contributed by atoms with Crippen molar-refractivity contribution >= 4 is 56.5 Å². The molecular weight excluding hydrogens is 528 g/mol. The third-order valence-corrected chi connectivity index (χ3v) is 6.84. The third-order valence-electron chi connectivity index (χ3n) is 5.29. The molecule has 35 heavy (non-hydrogen) atoms. The second kappa shape index (κ2) is 10.9. The number of rotatable bonds is 6. The zero-order chi connectivity index (χ0) is 24.9. The Morgan fingerprint density at radius 1 is 1.09 bits per heavy atom. The number of likely N-dealkylation sites (N-methyl/N-ethyl adjacent to an activating group) is 1. The molecule has 3 aromatic carbocycles. The van der Waals surface area contributed by atoms with Gasteiger partial charge in [-0.25, -0.2) is 9.79 Å². The van der Waals surface area contributed by atoms with Gasteiger partial charge in [-0.05, 0) is 72.8 Å². The highest BCUT2D eigenvalue weighted by molar-refractivity contribution is 9.10. The van der Waals surface area contributed by atoms with E-state index in [0.717, 1.165) is 15.6 Å². The summed E-state index contributed by atoms with van der Waals surface area (Å²) in [5.74, 6) is 0.122. The van der Waals surface area contributed by atoms with E-state index >= 15 is 0 Å². The van der Waals surface area contributed by atoms with Crippen molar-refractivity contribution in [3.63, 3.8) is 0 Å². The van der Waals surface area contributed by atoms with Crippen molar-refractivity contribution in [2.75, 3.05) is 14.2 Å². The lowest BCUT2D eigenvalue weighted by atomic mass is 10.1. The van der Waals surface area contributed by atoms with Gasteiger partial charge in [-0.3, -0.25) is 9.69 Å². The molecule has 1 saturated heterocycles. The average Bonchev–Trinajstić information content (AvgIpc) is 3.12. The molecule has 0 bridgehead atoms. The monoisotopic (exact) mass is 550 g/mol. The minimum atomic E-state index is -0.411. The van der Waals surface area contributed by atoms with Crippen molar-refractivity contribution < 1.29 is 19.1 Å². The maximum Gasteiger partial charge on any atom is 0.337 e. The van der Waals surface area contributed by atoms with Crippen molar-refractivity contribution in [1.82, 2.24) is 4.90 Å². The summed E-state index contributed by atoms with van der Waals surface area (Å²) >= 11 is 4.80. The van der Waals surface area contributed by atoms with Gasteiger partial charge in [0.1, 0.15) is 12.4 Å². The highest BCUT2D eigenvalue weighted by Gasteiger charge is 2.30. The molecule has 0 saturated carbocycles. The van der Waals surface area contributed by atoms with Gasteiger partial charge >= 0.3 is 5.97 Å². The predicted octanol–water partition coefficient (Wildman–Crippen LogP) is 6.36. The maximum absolute atomic E-state index is 12.9. The Bertz CT molecular complexity index is 1320. The molecule has 0 spiro atoms. The Hall–Kier alpha value is -3.36. The SMILES string of the molecule is COC(=O)c1ccc(N=C2S/C(=C\c3cc(Br)ccc3OCc3ccc(C)cc3)C(=O)N2C)cc1. The van der Waals surface area contributed by atoms with E-state index in [1.54, 1.807) is 31.3 Å². The highest BCUT2D eigenvalue weighted by atomic mass is 79.9. The first kappa shape index (κ1) is 24.8. The van der Waals surface area contributed by atoms with Crippen LogP contribution in [0.2, 0.25) is 0 Å². The number of thioether (sulfide) groups is 1. The molecule has 6 nitrogen and oxygen atoms in total. The Morgan fingerprint density at radius 2 is 1.80 bits per heavy atom. The smallest absolute Gasteiger partial charge is 0.337 e. The summed E-state index contributed by atoms with van der Waals surface area (Å²) in [6, 6.07) is 20.6. The molecule has 3 aromatic rings. The van der Waals surface area contributed by atoms with Crippen LogP contribution in [0.5, 0.6) is 5.75 Å². The minimum Gasteiger partial charge on any atom is -0.488 e. The van der Waals surface area contributed by atoms with Crippen LogP contribution in [0.15, 0.2) is 81.1 Å². The van der Waals surface area contributed by atoms with Gasteiger partial charge in [0.25, 0.3) is 5.91 Å². The van der Waals surface area contributed by atoms with Crippen LogP contribution in [0.1, 0.15) is 27.0 Å². The number of carbonyl (C=O) groups excluding carboxylic acids is 2. The number of carbonyl (C=O) groups is 2. The lowest BCUT2D eigenvalue weighted by molar-refractivity contribution is -0.121. The second-order valence-corrected chi connectivity index (χ2v) is 9.79. The first-order chi connectivity index (χ1) is 16.8. The standard InChI is InChI=1S/C27H23BrN2O4S/c1-17-4-6-18(7-5-17)16-34-23-13-10-21(28)14-20(23)15-24-25(31)30(2)27(35-24)29-22-11-8-19(9-12-22)26(32)33-3/h4-15H,16H2,1-3H3/b24-15-,29-27?. The first-order valence-electron chi connectivity index (χ1n) is 10.8. The fourth-order valence-corrected chi connectivity index (χ4v) is 4.66. The van der Waals surface area contributed by atoms with Crippen LogP contribution in [0.4, 0.5) is 5.69 Å². The Labute approximate surface area is 216 Å². The fourth-order valence-electron chi connectivity index (χ4n) is 3.30. The quantitative estimate of drug-likeness (QED) is 0.264. The Morgan fingerprint density at radius 3 is 2.49 bits per heavy atom. The lowest BCUT2D eigenvalue weighted by Gasteiger charge is -2.11. The summed E-state index contributed by atoms with van der Waals surface area (Å²) in [5.41, 5.74) is 4.12. The van der Waals surface area contributed by atoms with E-state index in [1.807, 2.05) is 43.3 Å².